The Morgan fingerprint density at radius 1 is 1.33 bits per heavy atom. The lowest BCUT2D eigenvalue weighted by Gasteiger charge is -2.22. The highest BCUT2D eigenvalue weighted by molar-refractivity contribution is 6.07. The van der Waals surface area contributed by atoms with Gasteiger partial charge in [0.25, 0.3) is 5.91 Å². The Kier molecular flexibility index (Phi) is 3.79. The molecular weight excluding hydrogens is 310 g/mol. The minimum Gasteiger partial charge on any atom is -0.497 e. The van der Waals surface area contributed by atoms with Crippen LogP contribution in [0.25, 0.3) is 0 Å². The molecule has 7 heteroatoms. The first-order valence-corrected chi connectivity index (χ1v) is 7.57. The minimum absolute atomic E-state index is 0.130. The first kappa shape index (κ1) is 16.0. The van der Waals surface area contributed by atoms with E-state index in [0.717, 1.165) is 5.56 Å². The quantitative estimate of drug-likeness (QED) is 0.870. The zero-order valence-corrected chi connectivity index (χ0v) is 14.0. The van der Waals surface area contributed by atoms with E-state index in [-0.39, 0.29) is 12.5 Å². The van der Waals surface area contributed by atoms with Gasteiger partial charge in [-0.15, -0.1) is 0 Å². The van der Waals surface area contributed by atoms with Crippen LogP contribution in [0.4, 0.5) is 4.79 Å². The standard InChI is InChI=1S/C17H19N3O4/c1-10-14(11(2)24-19-10)9-20-15(21)17(3,18-16(20)22)12-6-5-7-13(8-12)23-4/h5-8H,9H2,1-4H3,(H,18,22). The molecule has 1 N–H and O–H groups in total. The number of ether oxygens (including phenoxy) is 1. The molecule has 0 radical (unpaired) electrons. The number of aryl methyl sites for hydroxylation is 2. The molecule has 126 valence electrons. The third-order valence-electron chi connectivity index (χ3n) is 4.42. The van der Waals surface area contributed by atoms with Crippen molar-refractivity contribution in [2.24, 2.45) is 0 Å². The molecule has 24 heavy (non-hydrogen) atoms. The second kappa shape index (κ2) is 5.67. The predicted molar refractivity (Wildman–Crippen MR) is 85.4 cm³/mol. The van der Waals surface area contributed by atoms with Gasteiger partial charge in [0.15, 0.2) is 0 Å². The zero-order valence-electron chi connectivity index (χ0n) is 14.0. The van der Waals surface area contributed by atoms with Crippen molar-refractivity contribution in [3.05, 3.63) is 46.8 Å². The zero-order chi connectivity index (χ0) is 17.5. The van der Waals surface area contributed by atoms with Gasteiger partial charge in [-0.25, -0.2) is 4.79 Å². The Morgan fingerprint density at radius 3 is 2.71 bits per heavy atom. The van der Waals surface area contributed by atoms with Crippen LogP contribution in [0.2, 0.25) is 0 Å². The highest BCUT2D eigenvalue weighted by atomic mass is 16.5. The van der Waals surface area contributed by atoms with Crippen LogP contribution in [0.15, 0.2) is 28.8 Å². The Bertz CT molecular complexity index is 794. The lowest BCUT2D eigenvalue weighted by atomic mass is 9.92. The SMILES string of the molecule is COc1cccc(C2(C)NC(=O)N(Cc3c(C)noc3C)C2=O)c1. The largest absolute Gasteiger partial charge is 0.497 e. The van der Waals surface area contributed by atoms with Gasteiger partial charge in [0.05, 0.1) is 19.3 Å². The normalized spacial score (nSPS) is 20.4. The highest BCUT2D eigenvalue weighted by Crippen LogP contribution is 2.32. The van der Waals surface area contributed by atoms with E-state index < -0.39 is 11.6 Å². The number of hydrogen-bond acceptors (Lipinski definition) is 5. The summed E-state index contributed by atoms with van der Waals surface area (Å²) in [6.45, 7) is 5.36. The molecule has 1 saturated heterocycles. The lowest BCUT2D eigenvalue weighted by Crippen LogP contribution is -2.40. The van der Waals surface area contributed by atoms with Gasteiger partial charge >= 0.3 is 6.03 Å². The van der Waals surface area contributed by atoms with Crippen molar-refractivity contribution in [2.75, 3.05) is 7.11 Å². The van der Waals surface area contributed by atoms with E-state index in [1.807, 2.05) is 0 Å². The third kappa shape index (κ3) is 2.42. The Morgan fingerprint density at radius 2 is 2.08 bits per heavy atom. The predicted octanol–water partition coefficient (Wildman–Crippen LogP) is 2.27. The fourth-order valence-corrected chi connectivity index (χ4v) is 2.86. The van der Waals surface area contributed by atoms with E-state index in [0.29, 0.717) is 22.8 Å². The summed E-state index contributed by atoms with van der Waals surface area (Å²) in [5.74, 6) is 0.906. The van der Waals surface area contributed by atoms with E-state index in [1.54, 1.807) is 52.1 Å². The molecule has 1 aromatic heterocycles. The number of benzene rings is 1. The van der Waals surface area contributed by atoms with Crippen LogP contribution >= 0.6 is 0 Å². The number of aromatic nitrogens is 1. The number of amides is 3. The van der Waals surface area contributed by atoms with Gasteiger partial charge in [-0.1, -0.05) is 17.3 Å². The number of urea groups is 1. The van der Waals surface area contributed by atoms with Crippen LogP contribution in [0, 0.1) is 13.8 Å². The maximum absolute atomic E-state index is 12.9. The summed E-state index contributed by atoms with van der Waals surface area (Å²) >= 11 is 0. The summed E-state index contributed by atoms with van der Waals surface area (Å²) in [4.78, 5) is 26.5. The average Bonchev–Trinajstić information content (AvgIpc) is 3.00. The molecule has 7 nitrogen and oxygen atoms in total. The number of carbonyl (C=O) groups excluding carboxylic acids is 2. The monoisotopic (exact) mass is 329 g/mol. The molecule has 1 unspecified atom stereocenters. The molecule has 0 aliphatic carbocycles. The summed E-state index contributed by atoms with van der Waals surface area (Å²) < 4.78 is 10.3. The molecule has 1 aliphatic rings. The molecule has 1 aliphatic heterocycles. The maximum atomic E-state index is 12.9. The van der Waals surface area contributed by atoms with Crippen molar-refractivity contribution in [2.45, 2.75) is 32.9 Å². The van der Waals surface area contributed by atoms with Crippen LogP contribution in [-0.2, 0) is 16.9 Å². The molecular formula is C17H19N3O4. The van der Waals surface area contributed by atoms with E-state index in [2.05, 4.69) is 10.5 Å². The van der Waals surface area contributed by atoms with Crippen molar-refractivity contribution in [3.63, 3.8) is 0 Å². The van der Waals surface area contributed by atoms with Gasteiger partial charge < -0.3 is 14.6 Å². The van der Waals surface area contributed by atoms with Crippen LogP contribution in [0.5, 0.6) is 5.75 Å². The van der Waals surface area contributed by atoms with Crippen molar-refractivity contribution < 1.29 is 18.8 Å². The Labute approximate surface area is 139 Å². The van der Waals surface area contributed by atoms with Gasteiger partial charge in [0, 0.05) is 5.56 Å². The van der Waals surface area contributed by atoms with Gasteiger partial charge in [-0.05, 0) is 38.5 Å². The van der Waals surface area contributed by atoms with E-state index in [1.165, 1.54) is 4.90 Å². The molecule has 3 amide bonds. The number of hydrogen-bond donors (Lipinski definition) is 1. The van der Waals surface area contributed by atoms with E-state index in [4.69, 9.17) is 9.26 Å². The molecule has 2 aromatic rings. The molecule has 1 aromatic carbocycles. The second-order valence-corrected chi connectivity index (χ2v) is 5.98. The van der Waals surface area contributed by atoms with Crippen molar-refractivity contribution in [3.8, 4) is 5.75 Å². The van der Waals surface area contributed by atoms with Crippen molar-refractivity contribution >= 4 is 11.9 Å². The number of nitrogens with one attached hydrogen (secondary N) is 1. The van der Waals surface area contributed by atoms with Crippen LogP contribution in [-0.4, -0.2) is 29.1 Å². The summed E-state index contributed by atoms with van der Waals surface area (Å²) in [7, 11) is 1.56. The summed E-state index contributed by atoms with van der Waals surface area (Å²) in [5, 5.41) is 6.64. The minimum atomic E-state index is -1.13. The second-order valence-electron chi connectivity index (χ2n) is 5.98. The lowest BCUT2D eigenvalue weighted by molar-refractivity contribution is -0.131. The van der Waals surface area contributed by atoms with Crippen molar-refractivity contribution in [1.82, 2.24) is 15.4 Å². The summed E-state index contributed by atoms with van der Waals surface area (Å²) in [6.07, 6.45) is 0. The molecule has 2 heterocycles. The maximum Gasteiger partial charge on any atom is 0.325 e. The number of rotatable bonds is 4. The van der Waals surface area contributed by atoms with Gasteiger partial charge in [0.1, 0.15) is 17.0 Å². The number of methoxy groups -OCH3 is 1. The Hall–Kier alpha value is -2.83. The smallest absolute Gasteiger partial charge is 0.325 e. The number of nitrogens with zero attached hydrogens (tertiary/aromatic N) is 2. The molecule has 0 saturated carbocycles. The summed E-state index contributed by atoms with van der Waals surface area (Å²) in [6, 6.07) is 6.67. The topological polar surface area (TPSA) is 84.7 Å². The number of carbonyl (C=O) groups is 2. The molecule has 3 rings (SSSR count). The van der Waals surface area contributed by atoms with Gasteiger partial charge in [-0.3, -0.25) is 9.69 Å². The molecule has 1 fully saturated rings. The van der Waals surface area contributed by atoms with Crippen LogP contribution in [0.1, 0.15) is 29.5 Å². The molecule has 0 bridgehead atoms. The highest BCUT2D eigenvalue weighted by Gasteiger charge is 2.49. The fraction of sp³-hybridized carbons (Fsp3) is 0.353. The summed E-state index contributed by atoms with van der Waals surface area (Å²) in [5.41, 5.74) is 0.947. The average molecular weight is 329 g/mol. The Balaban J connectivity index is 1.93. The van der Waals surface area contributed by atoms with Crippen LogP contribution in [0.3, 0.4) is 0 Å². The van der Waals surface area contributed by atoms with Crippen LogP contribution < -0.4 is 10.1 Å². The third-order valence-corrected chi connectivity index (χ3v) is 4.42. The molecule has 0 spiro atoms. The van der Waals surface area contributed by atoms with Gasteiger partial charge in [0.2, 0.25) is 0 Å². The first-order chi connectivity index (χ1) is 11.4. The van der Waals surface area contributed by atoms with Crippen molar-refractivity contribution in [1.29, 1.82) is 0 Å². The molecule has 1 atom stereocenters. The fourth-order valence-electron chi connectivity index (χ4n) is 2.86. The van der Waals surface area contributed by atoms with Gasteiger partial charge in [-0.2, -0.15) is 0 Å². The van der Waals surface area contributed by atoms with E-state index >= 15 is 0 Å². The number of imide groups is 1. The van der Waals surface area contributed by atoms with E-state index in [9.17, 15) is 9.59 Å². The first-order valence-electron chi connectivity index (χ1n) is 7.57.